The van der Waals surface area contributed by atoms with Crippen LogP contribution in [0.4, 0.5) is 13.2 Å². The van der Waals surface area contributed by atoms with Crippen LogP contribution in [0, 0.1) is 24.2 Å². The lowest BCUT2D eigenvalue weighted by atomic mass is 10.0. The number of alkyl halides is 3. The number of carbonyl (C=O) groups excluding carboxylic acids is 1. The van der Waals surface area contributed by atoms with Gasteiger partial charge in [0.1, 0.15) is 11.1 Å². The highest BCUT2D eigenvalue weighted by Crippen LogP contribution is 2.35. The number of thioether (sulfide) groups is 1. The molecule has 1 unspecified atom stereocenters. The van der Waals surface area contributed by atoms with Crippen LogP contribution in [0.15, 0.2) is 11.1 Å². The zero-order chi connectivity index (χ0) is 17.9. The Balaban J connectivity index is 2.16. The van der Waals surface area contributed by atoms with Gasteiger partial charge >= 0.3 is 6.18 Å². The Labute approximate surface area is 143 Å². The Morgan fingerprint density at radius 2 is 2.25 bits per heavy atom. The fourth-order valence-corrected chi connectivity index (χ4v) is 3.67. The number of rotatable bonds is 3. The summed E-state index contributed by atoms with van der Waals surface area (Å²) in [4.78, 5) is 18.0. The number of carbonyl (C=O) groups is 1. The molecule has 4 nitrogen and oxygen atoms in total. The van der Waals surface area contributed by atoms with Gasteiger partial charge < -0.3 is 4.90 Å². The Morgan fingerprint density at radius 3 is 2.83 bits per heavy atom. The second-order valence-corrected chi connectivity index (χ2v) is 6.94. The van der Waals surface area contributed by atoms with Crippen LogP contribution in [0.1, 0.15) is 36.6 Å². The largest absolute Gasteiger partial charge is 0.417 e. The van der Waals surface area contributed by atoms with Crippen LogP contribution < -0.4 is 0 Å². The van der Waals surface area contributed by atoms with Crippen molar-refractivity contribution in [3.8, 4) is 6.07 Å². The molecule has 1 atom stereocenters. The summed E-state index contributed by atoms with van der Waals surface area (Å²) in [5.41, 5.74) is -1.35. The number of piperidine rings is 1. The number of likely N-dealkylation sites (tertiary alicyclic amines) is 1. The maximum atomic E-state index is 13.1. The highest BCUT2D eigenvalue weighted by Gasteiger charge is 2.35. The first-order valence-electron chi connectivity index (χ1n) is 7.62. The molecule has 1 aromatic rings. The lowest BCUT2D eigenvalue weighted by molar-refractivity contribution is -0.138. The van der Waals surface area contributed by atoms with E-state index in [9.17, 15) is 18.0 Å². The molecule has 1 saturated heterocycles. The highest BCUT2D eigenvalue weighted by molar-refractivity contribution is 8.00. The van der Waals surface area contributed by atoms with Gasteiger partial charge in [0.2, 0.25) is 5.91 Å². The molecule has 1 fully saturated rings. The molecule has 0 aromatic carbocycles. The third-order valence-corrected chi connectivity index (χ3v) is 4.83. The number of aromatic nitrogens is 1. The summed E-state index contributed by atoms with van der Waals surface area (Å²) < 4.78 is 39.2. The molecule has 0 spiro atoms. The van der Waals surface area contributed by atoms with Gasteiger partial charge in [0, 0.05) is 18.8 Å². The van der Waals surface area contributed by atoms with Crippen LogP contribution in [0.25, 0.3) is 0 Å². The molecule has 0 bridgehead atoms. The maximum absolute atomic E-state index is 13.1. The smallest absolute Gasteiger partial charge is 0.342 e. The molecule has 1 aliphatic rings. The molecule has 24 heavy (non-hydrogen) atoms. The molecular formula is C16H18F3N3OS. The van der Waals surface area contributed by atoms with E-state index in [1.54, 1.807) is 11.0 Å². The number of pyridine rings is 1. The molecule has 130 valence electrons. The lowest BCUT2D eigenvalue weighted by Crippen LogP contribution is -2.40. The van der Waals surface area contributed by atoms with Gasteiger partial charge in [-0.1, -0.05) is 18.7 Å². The van der Waals surface area contributed by atoms with E-state index < -0.39 is 17.3 Å². The predicted molar refractivity (Wildman–Crippen MR) is 84.4 cm³/mol. The average Bonchev–Trinajstić information content (AvgIpc) is 2.51. The molecule has 2 heterocycles. The number of aryl methyl sites for hydroxylation is 1. The Kier molecular flexibility index (Phi) is 5.75. The molecular weight excluding hydrogens is 339 g/mol. The van der Waals surface area contributed by atoms with Crippen molar-refractivity contribution in [2.75, 3.05) is 18.8 Å². The third-order valence-electron chi connectivity index (χ3n) is 3.87. The fourth-order valence-electron chi connectivity index (χ4n) is 2.72. The lowest BCUT2D eigenvalue weighted by Gasteiger charge is -2.30. The number of halogens is 3. The van der Waals surface area contributed by atoms with Gasteiger partial charge in [-0.25, -0.2) is 4.98 Å². The van der Waals surface area contributed by atoms with Crippen LogP contribution in [0.5, 0.6) is 0 Å². The van der Waals surface area contributed by atoms with E-state index in [1.165, 1.54) is 6.92 Å². The monoisotopic (exact) mass is 357 g/mol. The summed E-state index contributed by atoms with van der Waals surface area (Å²) in [7, 11) is 0. The quantitative estimate of drug-likeness (QED) is 0.775. The number of hydrogen-bond donors (Lipinski definition) is 0. The highest BCUT2D eigenvalue weighted by atomic mass is 32.2. The van der Waals surface area contributed by atoms with E-state index in [1.807, 2.05) is 0 Å². The van der Waals surface area contributed by atoms with Gasteiger partial charge in [-0.2, -0.15) is 18.4 Å². The van der Waals surface area contributed by atoms with Crippen LogP contribution in [-0.4, -0.2) is 34.6 Å². The van der Waals surface area contributed by atoms with Crippen LogP contribution in [0.3, 0.4) is 0 Å². The van der Waals surface area contributed by atoms with Gasteiger partial charge in [0.05, 0.1) is 16.9 Å². The van der Waals surface area contributed by atoms with E-state index in [0.29, 0.717) is 19.0 Å². The van der Waals surface area contributed by atoms with Gasteiger partial charge in [-0.05, 0) is 31.7 Å². The second-order valence-electron chi connectivity index (χ2n) is 5.98. The van der Waals surface area contributed by atoms with E-state index in [0.717, 1.165) is 30.7 Å². The zero-order valence-electron chi connectivity index (χ0n) is 13.5. The van der Waals surface area contributed by atoms with Gasteiger partial charge in [0.25, 0.3) is 0 Å². The van der Waals surface area contributed by atoms with Crippen molar-refractivity contribution in [3.05, 3.63) is 22.9 Å². The van der Waals surface area contributed by atoms with Crippen molar-refractivity contribution < 1.29 is 18.0 Å². The second kappa shape index (κ2) is 7.43. The predicted octanol–water partition coefficient (Wildman–Crippen LogP) is 3.63. The average molecular weight is 357 g/mol. The molecule has 0 aliphatic carbocycles. The molecule has 2 rings (SSSR count). The molecule has 8 heteroatoms. The number of nitriles is 1. The minimum Gasteiger partial charge on any atom is -0.342 e. The van der Waals surface area contributed by atoms with Crippen molar-refractivity contribution in [1.29, 1.82) is 5.26 Å². The molecule has 0 radical (unpaired) electrons. The van der Waals surface area contributed by atoms with Crippen LogP contribution >= 0.6 is 11.8 Å². The first-order chi connectivity index (χ1) is 11.2. The minimum atomic E-state index is -4.62. The van der Waals surface area contributed by atoms with E-state index in [4.69, 9.17) is 5.26 Å². The van der Waals surface area contributed by atoms with Crippen molar-refractivity contribution in [3.63, 3.8) is 0 Å². The molecule has 1 aliphatic heterocycles. The summed E-state index contributed by atoms with van der Waals surface area (Å²) in [6.45, 7) is 4.84. The van der Waals surface area contributed by atoms with Crippen LogP contribution in [0.2, 0.25) is 0 Å². The summed E-state index contributed by atoms with van der Waals surface area (Å²) in [5.74, 6) is 0.276. The normalized spacial score (nSPS) is 18.3. The third kappa shape index (κ3) is 4.41. The Hall–Kier alpha value is -1.75. The maximum Gasteiger partial charge on any atom is 0.417 e. The Morgan fingerprint density at radius 1 is 1.54 bits per heavy atom. The van der Waals surface area contributed by atoms with Crippen LogP contribution in [-0.2, 0) is 11.0 Å². The van der Waals surface area contributed by atoms with Crippen molar-refractivity contribution in [1.82, 2.24) is 9.88 Å². The standard InChI is InChI=1S/C16H18F3N3OS/c1-10-4-3-5-22(8-10)14(23)9-24-15-12(7-20)13(16(17,18)19)6-11(2)21-15/h6,10H,3-5,8-9H2,1-2H3. The SMILES string of the molecule is Cc1cc(C(F)(F)F)c(C#N)c(SCC(=O)N2CCCC(C)C2)n1. The van der Waals surface area contributed by atoms with Crippen molar-refractivity contribution in [2.24, 2.45) is 5.92 Å². The van der Waals surface area contributed by atoms with E-state index in [-0.39, 0.29) is 22.4 Å². The van der Waals surface area contributed by atoms with Gasteiger partial charge in [-0.3, -0.25) is 4.79 Å². The first-order valence-corrected chi connectivity index (χ1v) is 8.60. The number of amides is 1. The molecule has 0 N–H and O–H groups in total. The van der Waals surface area contributed by atoms with Crippen molar-refractivity contribution in [2.45, 2.75) is 37.9 Å². The van der Waals surface area contributed by atoms with Gasteiger partial charge in [-0.15, -0.1) is 0 Å². The number of hydrogen-bond acceptors (Lipinski definition) is 4. The van der Waals surface area contributed by atoms with E-state index >= 15 is 0 Å². The summed E-state index contributed by atoms with van der Waals surface area (Å²) >= 11 is 0.894. The molecule has 1 aromatic heterocycles. The van der Waals surface area contributed by atoms with Gasteiger partial charge in [0.15, 0.2) is 0 Å². The first kappa shape index (κ1) is 18.6. The molecule has 0 saturated carbocycles. The van der Waals surface area contributed by atoms with Crippen molar-refractivity contribution >= 4 is 17.7 Å². The number of nitrogens with zero attached hydrogens (tertiary/aromatic N) is 3. The topological polar surface area (TPSA) is 57.0 Å². The minimum absolute atomic E-state index is 0.0187. The summed E-state index contributed by atoms with van der Waals surface area (Å²) in [6, 6.07) is 2.44. The summed E-state index contributed by atoms with van der Waals surface area (Å²) in [5, 5.41) is 9.06. The van der Waals surface area contributed by atoms with E-state index in [2.05, 4.69) is 11.9 Å². The zero-order valence-corrected chi connectivity index (χ0v) is 14.3. The summed E-state index contributed by atoms with van der Waals surface area (Å²) in [6.07, 6.45) is -2.62. The Bertz CT molecular complexity index is 670. The molecule has 1 amide bonds. The fraction of sp³-hybridized carbons (Fsp3) is 0.562.